The summed E-state index contributed by atoms with van der Waals surface area (Å²) in [6, 6.07) is 14.7. The van der Waals surface area contributed by atoms with Crippen LogP contribution in [0.3, 0.4) is 0 Å². The van der Waals surface area contributed by atoms with Gasteiger partial charge in [0, 0.05) is 43.8 Å². The van der Waals surface area contributed by atoms with Gasteiger partial charge in [-0.3, -0.25) is 4.79 Å². The summed E-state index contributed by atoms with van der Waals surface area (Å²) < 4.78 is 22.3. The third-order valence-electron chi connectivity index (χ3n) is 6.53. The number of carbonyl (C=O) groups excluding carboxylic acids is 1. The third-order valence-corrected chi connectivity index (χ3v) is 6.53. The fourth-order valence-electron chi connectivity index (χ4n) is 4.83. The molecule has 154 valence electrons. The van der Waals surface area contributed by atoms with Crippen molar-refractivity contribution in [3.63, 3.8) is 0 Å². The van der Waals surface area contributed by atoms with Gasteiger partial charge in [-0.25, -0.2) is 4.39 Å². The maximum atomic E-state index is 13.9. The molecule has 1 spiro atoms. The predicted molar refractivity (Wildman–Crippen MR) is 114 cm³/mol. The first-order chi connectivity index (χ1) is 14.5. The van der Waals surface area contributed by atoms with Gasteiger partial charge in [0.15, 0.2) is 5.60 Å². The molecule has 0 atom stereocenters. The van der Waals surface area contributed by atoms with E-state index >= 15 is 0 Å². The lowest BCUT2D eigenvalue weighted by Crippen LogP contribution is -2.50. The van der Waals surface area contributed by atoms with Gasteiger partial charge in [0.25, 0.3) is 5.91 Å². The number of halogens is 1. The molecule has 3 heterocycles. The molecule has 3 aromatic rings. The molecule has 0 saturated carbocycles. The van der Waals surface area contributed by atoms with Crippen LogP contribution in [0.15, 0.2) is 54.7 Å². The Labute approximate surface area is 175 Å². The average molecular weight is 404 g/mol. The van der Waals surface area contributed by atoms with E-state index in [9.17, 15) is 9.18 Å². The molecule has 5 rings (SSSR count). The number of rotatable bonds is 2. The van der Waals surface area contributed by atoms with E-state index in [1.807, 2.05) is 29.3 Å². The smallest absolute Gasteiger partial charge is 0.253 e. The quantitative estimate of drug-likeness (QED) is 0.602. The van der Waals surface area contributed by atoms with Gasteiger partial charge in [-0.1, -0.05) is 13.0 Å². The predicted octanol–water partition coefficient (Wildman–Crippen LogP) is 5.01. The van der Waals surface area contributed by atoms with Crippen LogP contribution in [-0.4, -0.2) is 28.5 Å². The van der Waals surface area contributed by atoms with Crippen molar-refractivity contribution >= 4 is 5.91 Å². The second kappa shape index (κ2) is 7.01. The molecule has 30 heavy (non-hydrogen) atoms. The number of aromatic nitrogens is 1. The number of amides is 1. The van der Waals surface area contributed by atoms with Crippen molar-refractivity contribution in [2.75, 3.05) is 13.1 Å². The first kappa shape index (κ1) is 18.9. The topological polar surface area (TPSA) is 34.5 Å². The van der Waals surface area contributed by atoms with Crippen molar-refractivity contribution in [3.8, 4) is 11.4 Å². The Hall–Kier alpha value is -3.08. The van der Waals surface area contributed by atoms with Gasteiger partial charge in [0.1, 0.15) is 11.6 Å². The van der Waals surface area contributed by atoms with Crippen molar-refractivity contribution in [1.29, 1.82) is 0 Å². The van der Waals surface area contributed by atoms with Gasteiger partial charge in [0.2, 0.25) is 0 Å². The van der Waals surface area contributed by atoms with E-state index in [-0.39, 0.29) is 11.7 Å². The molecule has 2 aliphatic heterocycles. The Morgan fingerprint density at radius 3 is 2.67 bits per heavy atom. The standard InChI is InChI=1S/C25H25FN2O2/c1-3-18-6-7-19(15-17(18)2)24(29)27-13-10-25(11-14-27)23-5-4-12-28(23)21-9-8-20(26)16-22(21)30-25/h4-9,12,15-16H,3,10-11,13-14H2,1-2H3. The van der Waals surface area contributed by atoms with Gasteiger partial charge in [0.05, 0.1) is 11.4 Å². The Balaban J connectivity index is 1.39. The number of hydrogen-bond acceptors (Lipinski definition) is 2. The van der Waals surface area contributed by atoms with Crippen molar-refractivity contribution in [2.45, 2.75) is 38.7 Å². The average Bonchev–Trinajstić information content (AvgIpc) is 3.25. The molecule has 0 unspecified atom stereocenters. The molecular weight excluding hydrogens is 379 g/mol. The molecular formula is C25H25FN2O2. The number of likely N-dealkylation sites (tertiary alicyclic amines) is 1. The molecule has 0 radical (unpaired) electrons. The molecule has 1 aromatic heterocycles. The normalized spacial score (nSPS) is 16.7. The molecule has 2 aliphatic rings. The van der Waals surface area contributed by atoms with Crippen LogP contribution >= 0.6 is 0 Å². The van der Waals surface area contributed by atoms with Crippen LogP contribution in [0, 0.1) is 12.7 Å². The van der Waals surface area contributed by atoms with Crippen molar-refractivity contribution in [2.24, 2.45) is 0 Å². The lowest BCUT2D eigenvalue weighted by molar-refractivity contribution is -0.00950. The fourth-order valence-corrected chi connectivity index (χ4v) is 4.83. The van der Waals surface area contributed by atoms with Crippen LogP contribution in [0.4, 0.5) is 4.39 Å². The summed E-state index contributed by atoms with van der Waals surface area (Å²) in [5, 5.41) is 0. The highest BCUT2D eigenvalue weighted by Crippen LogP contribution is 2.45. The molecule has 5 heteroatoms. The fraction of sp³-hybridized carbons (Fsp3) is 0.320. The highest BCUT2D eigenvalue weighted by molar-refractivity contribution is 5.94. The van der Waals surface area contributed by atoms with Crippen LogP contribution in [0.1, 0.15) is 46.9 Å². The molecule has 0 aliphatic carbocycles. The van der Waals surface area contributed by atoms with Crippen LogP contribution in [-0.2, 0) is 12.0 Å². The Kier molecular flexibility index (Phi) is 4.42. The summed E-state index contributed by atoms with van der Waals surface area (Å²) in [6.07, 6.45) is 4.30. The molecule has 4 nitrogen and oxygen atoms in total. The van der Waals surface area contributed by atoms with Crippen LogP contribution in [0.2, 0.25) is 0 Å². The third kappa shape index (κ3) is 2.92. The zero-order valence-electron chi connectivity index (χ0n) is 17.3. The first-order valence-corrected chi connectivity index (χ1v) is 10.6. The minimum absolute atomic E-state index is 0.0632. The van der Waals surface area contributed by atoms with Crippen LogP contribution < -0.4 is 4.74 Å². The van der Waals surface area contributed by atoms with E-state index in [0.29, 0.717) is 31.7 Å². The minimum Gasteiger partial charge on any atom is -0.479 e. The van der Waals surface area contributed by atoms with Gasteiger partial charge in [-0.2, -0.15) is 0 Å². The minimum atomic E-state index is -0.539. The lowest BCUT2D eigenvalue weighted by Gasteiger charge is -2.45. The summed E-state index contributed by atoms with van der Waals surface area (Å²) >= 11 is 0. The van der Waals surface area contributed by atoms with Crippen molar-refractivity contribution in [1.82, 2.24) is 9.47 Å². The summed E-state index contributed by atoms with van der Waals surface area (Å²) in [4.78, 5) is 15.0. The van der Waals surface area contributed by atoms with E-state index in [1.54, 1.807) is 6.07 Å². The number of carbonyl (C=O) groups is 1. The monoisotopic (exact) mass is 404 g/mol. The second-order valence-corrected chi connectivity index (χ2v) is 8.26. The number of benzene rings is 2. The molecule has 1 amide bonds. The van der Waals surface area contributed by atoms with E-state index in [2.05, 4.69) is 30.5 Å². The summed E-state index contributed by atoms with van der Waals surface area (Å²) in [5.74, 6) is 0.315. The number of aryl methyl sites for hydroxylation is 2. The van der Waals surface area contributed by atoms with Crippen molar-refractivity contribution < 1.29 is 13.9 Å². The zero-order chi connectivity index (χ0) is 20.9. The molecule has 1 fully saturated rings. The number of nitrogens with zero attached hydrogens (tertiary/aromatic N) is 2. The van der Waals surface area contributed by atoms with Gasteiger partial charge < -0.3 is 14.2 Å². The van der Waals surface area contributed by atoms with Crippen LogP contribution in [0.25, 0.3) is 5.69 Å². The molecule has 0 N–H and O–H groups in total. The Bertz CT molecular complexity index is 1130. The Morgan fingerprint density at radius 1 is 1.13 bits per heavy atom. The number of fused-ring (bicyclic) bond motifs is 4. The first-order valence-electron chi connectivity index (χ1n) is 10.6. The molecule has 1 saturated heterocycles. The maximum Gasteiger partial charge on any atom is 0.253 e. The lowest BCUT2D eigenvalue weighted by atomic mass is 9.86. The van der Waals surface area contributed by atoms with Crippen LogP contribution in [0.5, 0.6) is 5.75 Å². The summed E-state index contributed by atoms with van der Waals surface area (Å²) in [6.45, 7) is 5.38. The zero-order valence-corrected chi connectivity index (χ0v) is 17.3. The number of piperidine rings is 1. The second-order valence-electron chi connectivity index (χ2n) is 8.26. The Morgan fingerprint density at radius 2 is 1.93 bits per heavy atom. The summed E-state index contributed by atoms with van der Waals surface area (Å²) in [5.41, 5.74) is 4.54. The maximum absolute atomic E-state index is 13.9. The summed E-state index contributed by atoms with van der Waals surface area (Å²) in [7, 11) is 0. The number of ether oxygens (including phenoxy) is 1. The van der Waals surface area contributed by atoms with Gasteiger partial charge in [-0.05, 0) is 60.9 Å². The largest absolute Gasteiger partial charge is 0.479 e. The van der Waals surface area contributed by atoms with E-state index in [1.165, 1.54) is 17.7 Å². The molecule has 2 aromatic carbocycles. The highest BCUT2D eigenvalue weighted by atomic mass is 19.1. The van der Waals surface area contributed by atoms with E-state index in [0.717, 1.165) is 28.9 Å². The number of hydrogen-bond donors (Lipinski definition) is 0. The van der Waals surface area contributed by atoms with Gasteiger partial charge in [-0.15, -0.1) is 0 Å². The highest BCUT2D eigenvalue weighted by Gasteiger charge is 2.44. The van der Waals surface area contributed by atoms with Crippen molar-refractivity contribution in [3.05, 3.63) is 82.9 Å². The molecule has 0 bridgehead atoms. The SMILES string of the molecule is CCc1ccc(C(=O)N2CCC3(CC2)Oc2cc(F)ccc2-n2cccc23)cc1C. The van der Waals surface area contributed by atoms with E-state index < -0.39 is 5.60 Å². The van der Waals surface area contributed by atoms with Gasteiger partial charge >= 0.3 is 0 Å². The van der Waals surface area contributed by atoms with E-state index in [4.69, 9.17) is 4.74 Å².